The first kappa shape index (κ1) is 11.3. The number of hydrogen-bond donors (Lipinski definition) is 2. The zero-order chi connectivity index (χ0) is 11.8. The molecule has 2 N–H and O–H groups in total. The Morgan fingerprint density at radius 3 is 2.69 bits per heavy atom. The number of hydrogen-bond acceptors (Lipinski definition) is 2. The van der Waals surface area contributed by atoms with Crippen molar-refractivity contribution in [2.75, 3.05) is 13.1 Å². The fourth-order valence-electron chi connectivity index (χ4n) is 1.88. The second-order valence-electron chi connectivity index (χ2n) is 3.88. The van der Waals surface area contributed by atoms with Gasteiger partial charge in [0.15, 0.2) is 0 Å². The van der Waals surface area contributed by atoms with E-state index in [0.29, 0.717) is 19.0 Å². The molecule has 1 aromatic rings. The molecule has 1 aromatic heterocycles. The van der Waals surface area contributed by atoms with Gasteiger partial charge in [0.1, 0.15) is 5.69 Å². The Kier molecular flexibility index (Phi) is 2.79. The highest BCUT2D eigenvalue weighted by molar-refractivity contribution is 5.04. The van der Waals surface area contributed by atoms with Crippen LogP contribution in [0.1, 0.15) is 24.6 Å². The zero-order valence-electron chi connectivity index (χ0n) is 8.47. The van der Waals surface area contributed by atoms with Gasteiger partial charge in [-0.1, -0.05) is 0 Å². The van der Waals surface area contributed by atoms with E-state index in [1.807, 2.05) is 0 Å². The molecule has 0 saturated carbocycles. The van der Waals surface area contributed by atoms with Crippen LogP contribution in [-0.2, 0) is 6.18 Å². The van der Waals surface area contributed by atoms with Crippen molar-refractivity contribution in [2.45, 2.75) is 25.1 Å². The van der Waals surface area contributed by atoms with Crippen molar-refractivity contribution < 1.29 is 13.2 Å². The van der Waals surface area contributed by atoms with Crippen molar-refractivity contribution in [2.24, 2.45) is 0 Å². The van der Waals surface area contributed by atoms with E-state index in [0.717, 1.165) is 17.6 Å². The summed E-state index contributed by atoms with van der Waals surface area (Å²) < 4.78 is 38.1. The molecule has 2 heterocycles. The number of aromatic amines is 1. The van der Waals surface area contributed by atoms with Crippen LogP contribution >= 0.6 is 0 Å². The van der Waals surface area contributed by atoms with Crippen LogP contribution in [-0.4, -0.2) is 22.9 Å². The van der Waals surface area contributed by atoms with Gasteiger partial charge in [0.25, 0.3) is 5.56 Å². The van der Waals surface area contributed by atoms with Gasteiger partial charge >= 0.3 is 6.18 Å². The van der Waals surface area contributed by atoms with Gasteiger partial charge in [0.2, 0.25) is 0 Å². The molecule has 16 heavy (non-hydrogen) atoms. The second kappa shape index (κ2) is 3.97. The number of H-pyrrole nitrogens is 1. The Labute approximate surface area is 89.4 Å². The Hall–Kier alpha value is -1.24. The molecule has 1 aliphatic rings. The maximum atomic E-state index is 12.3. The van der Waals surface area contributed by atoms with E-state index in [4.69, 9.17) is 0 Å². The third kappa shape index (κ3) is 2.13. The molecule has 1 aliphatic heterocycles. The summed E-state index contributed by atoms with van der Waals surface area (Å²) in [7, 11) is 0. The first-order valence-corrected chi connectivity index (χ1v) is 5.08. The van der Waals surface area contributed by atoms with E-state index < -0.39 is 17.4 Å². The van der Waals surface area contributed by atoms with Gasteiger partial charge in [-0.25, -0.2) is 4.68 Å². The Balaban J connectivity index is 2.28. The van der Waals surface area contributed by atoms with Crippen LogP contribution in [0.4, 0.5) is 13.2 Å². The van der Waals surface area contributed by atoms with E-state index in [1.54, 1.807) is 0 Å². The van der Waals surface area contributed by atoms with Gasteiger partial charge in [0, 0.05) is 12.6 Å². The quantitative estimate of drug-likeness (QED) is 0.766. The molecular formula is C9H12F3N3O. The average Bonchev–Trinajstić information content (AvgIpc) is 2.61. The molecule has 1 saturated heterocycles. The summed E-state index contributed by atoms with van der Waals surface area (Å²) in [6, 6.07) is 0.395. The normalized spacial score (nSPS) is 22.3. The summed E-state index contributed by atoms with van der Waals surface area (Å²) in [6.07, 6.45) is -2.92. The molecule has 4 nitrogen and oxygen atoms in total. The van der Waals surface area contributed by atoms with Gasteiger partial charge in [-0.3, -0.25) is 9.89 Å². The zero-order valence-corrected chi connectivity index (χ0v) is 8.47. The number of aromatic nitrogens is 2. The minimum atomic E-state index is -4.49. The highest BCUT2D eigenvalue weighted by atomic mass is 19.4. The van der Waals surface area contributed by atoms with Gasteiger partial charge in [-0.15, -0.1) is 0 Å². The molecule has 2 rings (SSSR count). The third-order valence-corrected chi connectivity index (χ3v) is 2.69. The third-order valence-electron chi connectivity index (χ3n) is 2.69. The largest absolute Gasteiger partial charge is 0.432 e. The van der Waals surface area contributed by atoms with Gasteiger partial charge in [0.05, 0.1) is 6.04 Å². The van der Waals surface area contributed by atoms with Gasteiger partial charge in [-0.05, 0) is 19.4 Å². The van der Waals surface area contributed by atoms with E-state index >= 15 is 0 Å². The predicted molar refractivity (Wildman–Crippen MR) is 51.2 cm³/mol. The lowest BCUT2D eigenvalue weighted by Crippen LogP contribution is -2.35. The van der Waals surface area contributed by atoms with Crippen LogP contribution in [0.2, 0.25) is 0 Å². The summed E-state index contributed by atoms with van der Waals surface area (Å²) in [5.41, 5.74) is -1.61. The maximum Gasteiger partial charge on any atom is 0.432 e. The number of halogens is 3. The summed E-state index contributed by atoms with van der Waals surface area (Å²) in [5, 5.41) is 5.18. The molecule has 0 spiro atoms. The number of nitrogens with zero attached hydrogens (tertiary/aromatic N) is 1. The van der Waals surface area contributed by atoms with Crippen LogP contribution in [0.15, 0.2) is 10.9 Å². The molecule has 1 fully saturated rings. The molecule has 0 aliphatic carbocycles. The van der Waals surface area contributed by atoms with Crippen LogP contribution in [0.25, 0.3) is 0 Å². The van der Waals surface area contributed by atoms with Gasteiger partial charge in [-0.2, -0.15) is 13.2 Å². The fraction of sp³-hybridized carbons (Fsp3) is 0.667. The lowest BCUT2D eigenvalue weighted by atomic mass is 10.1. The first-order valence-electron chi connectivity index (χ1n) is 5.08. The van der Waals surface area contributed by atoms with E-state index in [2.05, 4.69) is 10.4 Å². The average molecular weight is 235 g/mol. The molecule has 0 aromatic carbocycles. The predicted octanol–water partition coefficient (Wildman–Crippen LogP) is 1.12. The van der Waals surface area contributed by atoms with Crippen molar-refractivity contribution in [1.82, 2.24) is 15.1 Å². The topological polar surface area (TPSA) is 49.8 Å². The van der Waals surface area contributed by atoms with Crippen LogP contribution < -0.4 is 10.9 Å². The standard InChI is InChI=1S/C9H12F3N3O/c10-9(11,12)7-4-8(16)15(14-7)6-2-1-3-13-5-6/h4,6,13-14H,1-3,5H2/t6-/m0/s1. The lowest BCUT2D eigenvalue weighted by Gasteiger charge is -2.23. The van der Waals surface area contributed by atoms with E-state index in [-0.39, 0.29) is 6.04 Å². The minimum absolute atomic E-state index is 0.211. The minimum Gasteiger partial charge on any atom is -0.315 e. The summed E-state index contributed by atoms with van der Waals surface area (Å²) in [6.45, 7) is 1.37. The van der Waals surface area contributed by atoms with Crippen molar-refractivity contribution in [3.63, 3.8) is 0 Å². The fourth-order valence-corrected chi connectivity index (χ4v) is 1.88. The van der Waals surface area contributed by atoms with Crippen LogP contribution in [0, 0.1) is 0 Å². The Bertz CT molecular complexity index is 414. The molecule has 0 unspecified atom stereocenters. The number of alkyl halides is 3. The van der Waals surface area contributed by atoms with Crippen molar-refractivity contribution in [1.29, 1.82) is 0 Å². The van der Waals surface area contributed by atoms with E-state index in [1.165, 1.54) is 0 Å². The maximum absolute atomic E-state index is 12.3. The molecule has 0 amide bonds. The second-order valence-corrected chi connectivity index (χ2v) is 3.88. The molecule has 7 heteroatoms. The van der Waals surface area contributed by atoms with Crippen LogP contribution in [0.5, 0.6) is 0 Å². The van der Waals surface area contributed by atoms with Crippen molar-refractivity contribution >= 4 is 0 Å². The SMILES string of the molecule is O=c1cc(C(F)(F)F)[nH]n1[C@H]1CCCNC1. The van der Waals surface area contributed by atoms with Crippen LogP contribution in [0.3, 0.4) is 0 Å². The molecular weight excluding hydrogens is 223 g/mol. The molecule has 0 radical (unpaired) electrons. The number of piperidine rings is 1. The summed E-state index contributed by atoms with van der Waals surface area (Å²) in [4.78, 5) is 11.4. The number of nitrogens with one attached hydrogen (secondary N) is 2. The highest BCUT2D eigenvalue weighted by Crippen LogP contribution is 2.27. The van der Waals surface area contributed by atoms with Gasteiger partial charge < -0.3 is 5.32 Å². The molecule has 0 bridgehead atoms. The summed E-state index contributed by atoms with van der Waals surface area (Å²) >= 11 is 0. The highest BCUT2D eigenvalue weighted by Gasteiger charge is 2.34. The van der Waals surface area contributed by atoms with Crippen molar-refractivity contribution in [3.05, 3.63) is 22.1 Å². The Morgan fingerprint density at radius 2 is 2.19 bits per heavy atom. The number of rotatable bonds is 1. The molecule has 90 valence electrons. The lowest BCUT2D eigenvalue weighted by molar-refractivity contribution is -0.141. The smallest absolute Gasteiger partial charge is 0.315 e. The summed E-state index contributed by atoms with van der Waals surface area (Å²) in [5.74, 6) is 0. The Morgan fingerprint density at radius 1 is 1.44 bits per heavy atom. The van der Waals surface area contributed by atoms with E-state index in [9.17, 15) is 18.0 Å². The molecule has 1 atom stereocenters. The first-order chi connectivity index (χ1) is 7.48. The van der Waals surface area contributed by atoms with Crippen molar-refractivity contribution in [3.8, 4) is 0 Å². The monoisotopic (exact) mass is 235 g/mol.